The number of halogens is 1. The maximum Gasteiger partial charge on any atom is 0.270 e. The van der Waals surface area contributed by atoms with Crippen LogP contribution in [-0.2, 0) is 0 Å². The molecule has 0 aliphatic rings. The average molecular weight is 328 g/mol. The van der Waals surface area contributed by atoms with Crippen molar-refractivity contribution in [1.82, 2.24) is 14.7 Å². The summed E-state index contributed by atoms with van der Waals surface area (Å²) in [4.78, 5) is 28.9. The van der Waals surface area contributed by atoms with Gasteiger partial charge in [-0.2, -0.15) is 0 Å². The van der Waals surface area contributed by atoms with Gasteiger partial charge in [0.1, 0.15) is 11.2 Å². The molecule has 3 aromatic rings. The molecule has 0 aliphatic heterocycles. The van der Waals surface area contributed by atoms with Gasteiger partial charge in [-0.25, -0.2) is 4.98 Å². The van der Waals surface area contributed by atoms with Gasteiger partial charge in [-0.05, 0) is 36.8 Å². The maximum atomic E-state index is 12.4. The van der Waals surface area contributed by atoms with E-state index in [2.05, 4.69) is 10.3 Å². The largest absolute Gasteiger partial charge is 0.345 e. The van der Waals surface area contributed by atoms with Crippen molar-refractivity contribution in [3.8, 4) is 0 Å². The van der Waals surface area contributed by atoms with Gasteiger partial charge in [0.2, 0.25) is 0 Å². The van der Waals surface area contributed by atoms with Crippen molar-refractivity contribution in [3.05, 3.63) is 81.4 Å². The number of amides is 1. The minimum absolute atomic E-state index is 0.00881. The van der Waals surface area contributed by atoms with Gasteiger partial charge in [0.25, 0.3) is 11.5 Å². The Morgan fingerprint density at radius 3 is 2.70 bits per heavy atom. The highest BCUT2D eigenvalue weighted by atomic mass is 35.5. The van der Waals surface area contributed by atoms with E-state index in [1.807, 2.05) is 19.1 Å². The molecule has 116 valence electrons. The molecule has 23 heavy (non-hydrogen) atoms. The number of hydrogen-bond acceptors (Lipinski definition) is 3. The van der Waals surface area contributed by atoms with Gasteiger partial charge in [0.05, 0.1) is 6.04 Å². The normalized spacial score (nSPS) is 12.1. The first kappa shape index (κ1) is 15.2. The third-order valence-corrected chi connectivity index (χ3v) is 3.83. The zero-order valence-corrected chi connectivity index (χ0v) is 13.1. The molecule has 0 radical (unpaired) electrons. The van der Waals surface area contributed by atoms with Crippen LogP contribution in [0.1, 0.15) is 28.9 Å². The molecule has 0 unspecified atom stereocenters. The minimum Gasteiger partial charge on any atom is -0.345 e. The van der Waals surface area contributed by atoms with E-state index in [4.69, 9.17) is 11.6 Å². The molecule has 3 rings (SSSR count). The summed E-state index contributed by atoms with van der Waals surface area (Å²) in [5.74, 6) is -0.455. The highest BCUT2D eigenvalue weighted by Crippen LogP contribution is 2.16. The van der Waals surface area contributed by atoms with Gasteiger partial charge >= 0.3 is 0 Å². The first-order valence-electron chi connectivity index (χ1n) is 7.09. The molecule has 0 bridgehead atoms. The Balaban J connectivity index is 1.87. The van der Waals surface area contributed by atoms with Crippen LogP contribution in [0.25, 0.3) is 5.65 Å². The fourth-order valence-corrected chi connectivity index (χ4v) is 2.42. The third kappa shape index (κ3) is 3.10. The summed E-state index contributed by atoms with van der Waals surface area (Å²) >= 11 is 5.85. The number of benzene rings is 1. The van der Waals surface area contributed by atoms with E-state index in [-0.39, 0.29) is 11.6 Å². The Bertz CT molecular complexity index is 919. The number of nitrogens with one attached hydrogen (secondary N) is 1. The zero-order valence-electron chi connectivity index (χ0n) is 12.4. The van der Waals surface area contributed by atoms with Crippen molar-refractivity contribution in [2.75, 3.05) is 0 Å². The van der Waals surface area contributed by atoms with Crippen LogP contribution in [-0.4, -0.2) is 15.3 Å². The van der Waals surface area contributed by atoms with Crippen molar-refractivity contribution in [2.45, 2.75) is 13.0 Å². The fourth-order valence-electron chi connectivity index (χ4n) is 2.29. The topological polar surface area (TPSA) is 63.5 Å². The molecule has 1 N–H and O–H groups in total. The zero-order chi connectivity index (χ0) is 16.4. The van der Waals surface area contributed by atoms with Crippen LogP contribution in [0.4, 0.5) is 0 Å². The molecule has 6 heteroatoms. The molecule has 2 aromatic heterocycles. The summed E-state index contributed by atoms with van der Waals surface area (Å²) in [6.07, 6.45) is 2.89. The molecule has 0 saturated heterocycles. The van der Waals surface area contributed by atoms with E-state index >= 15 is 0 Å². The highest BCUT2D eigenvalue weighted by Gasteiger charge is 2.16. The van der Waals surface area contributed by atoms with E-state index in [0.29, 0.717) is 10.7 Å². The van der Waals surface area contributed by atoms with E-state index in [1.54, 1.807) is 36.5 Å². The lowest BCUT2D eigenvalue weighted by atomic mass is 10.1. The van der Waals surface area contributed by atoms with Gasteiger partial charge < -0.3 is 5.32 Å². The first-order valence-corrected chi connectivity index (χ1v) is 7.47. The van der Waals surface area contributed by atoms with Crippen molar-refractivity contribution >= 4 is 23.2 Å². The maximum absolute atomic E-state index is 12.4. The second-order valence-corrected chi connectivity index (χ2v) is 5.59. The fraction of sp³-hybridized carbons (Fsp3) is 0.118. The lowest BCUT2D eigenvalue weighted by Crippen LogP contribution is -2.33. The van der Waals surface area contributed by atoms with Crippen LogP contribution in [0.15, 0.2) is 59.7 Å². The molecular formula is C17H14ClN3O2. The van der Waals surface area contributed by atoms with Gasteiger partial charge in [0, 0.05) is 17.4 Å². The van der Waals surface area contributed by atoms with Crippen LogP contribution in [0.2, 0.25) is 5.02 Å². The number of carbonyl (C=O) groups excluding carboxylic acids is 1. The van der Waals surface area contributed by atoms with Crippen LogP contribution in [0, 0.1) is 0 Å². The smallest absolute Gasteiger partial charge is 0.270 e. The number of aromatic nitrogens is 2. The summed E-state index contributed by atoms with van der Waals surface area (Å²) in [6, 6.07) is 12.1. The standard InChI is InChI=1S/C17H14ClN3O2/c1-11(12-5-7-13(18)8-6-12)20-16(22)14-10-19-15-4-2-3-9-21(15)17(14)23/h2-11H,1H3,(H,20,22)/t11-/m0/s1. The molecule has 1 amide bonds. The summed E-state index contributed by atoms with van der Waals surface area (Å²) in [5, 5.41) is 3.43. The summed E-state index contributed by atoms with van der Waals surface area (Å²) in [6.45, 7) is 1.84. The average Bonchev–Trinajstić information content (AvgIpc) is 2.56. The van der Waals surface area contributed by atoms with E-state index < -0.39 is 11.5 Å². The van der Waals surface area contributed by atoms with Crippen molar-refractivity contribution in [3.63, 3.8) is 0 Å². The monoisotopic (exact) mass is 327 g/mol. The summed E-state index contributed by atoms with van der Waals surface area (Å²) in [5.41, 5.74) is 1.02. The molecule has 5 nitrogen and oxygen atoms in total. The molecular weight excluding hydrogens is 314 g/mol. The van der Waals surface area contributed by atoms with Crippen molar-refractivity contribution in [1.29, 1.82) is 0 Å². The highest BCUT2D eigenvalue weighted by molar-refractivity contribution is 6.30. The van der Waals surface area contributed by atoms with Crippen molar-refractivity contribution in [2.24, 2.45) is 0 Å². The molecule has 2 heterocycles. The quantitative estimate of drug-likeness (QED) is 0.804. The lowest BCUT2D eigenvalue weighted by molar-refractivity contribution is 0.0938. The Morgan fingerprint density at radius 1 is 1.22 bits per heavy atom. The first-order chi connectivity index (χ1) is 11.1. The second kappa shape index (κ2) is 6.22. The van der Waals surface area contributed by atoms with E-state index in [0.717, 1.165) is 5.56 Å². The van der Waals surface area contributed by atoms with Crippen molar-refractivity contribution < 1.29 is 4.79 Å². The number of hydrogen-bond donors (Lipinski definition) is 1. The predicted molar refractivity (Wildman–Crippen MR) is 88.8 cm³/mol. The number of fused-ring (bicyclic) bond motifs is 1. The Labute approximate surface area is 137 Å². The van der Waals surface area contributed by atoms with E-state index in [1.165, 1.54) is 10.6 Å². The Morgan fingerprint density at radius 2 is 1.96 bits per heavy atom. The number of nitrogens with zero attached hydrogens (tertiary/aromatic N) is 2. The molecule has 0 spiro atoms. The van der Waals surface area contributed by atoms with E-state index in [9.17, 15) is 9.59 Å². The third-order valence-electron chi connectivity index (χ3n) is 3.58. The SMILES string of the molecule is C[C@H](NC(=O)c1cnc2ccccn2c1=O)c1ccc(Cl)cc1. The molecule has 1 atom stereocenters. The molecule has 0 fully saturated rings. The Kier molecular flexibility index (Phi) is 4.12. The molecule has 1 aromatic carbocycles. The minimum atomic E-state index is -0.455. The van der Waals surface area contributed by atoms with Gasteiger partial charge in [-0.15, -0.1) is 0 Å². The summed E-state index contributed by atoms with van der Waals surface area (Å²) in [7, 11) is 0. The molecule has 0 aliphatic carbocycles. The number of carbonyl (C=O) groups is 1. The van der Waals surface area contributed by atoms with Gasteiger partial charge in [-0.3, -0.25) is 14.0 Å². The number of pyridine rings is 1. The van der Waals surface area contributed by atoms with Gasteiger partial charge in [-0.1, -0.05) is 29.8 Å². The predicted octanol–water partition coefficient (Wildman–Crippen LogP) is 2.84. The van der Waals surface area contributed by atoms with Crippen LogP contribution >= 0.6 is 11.6 Å². The van der Waals surface area contributed by atoms with Crippen LogP contribution < -0.4 is 10.9 Å². The van der Waals surface area contributed by atoms with Gasteiger partial charge in [0.15, 0.2) is 0 Å². The molecule has 0 saturated carbocycles. The lowest BCUT2D eigenvalue weighted by Gasteiger charge is -2.14. The van der Waals surface area contributed by atoms with Crippen LogP contribution in [0.3, 0.4) is 0 Å². The second-order valence-electron chi connectivity index (χ2n) is 5.15. The Hall–Kier alpha value is -2.66. The van der Waals surface area contributed by atoms with Crippen LogP contribution in [0.5, 0.6) is 0 Å². The summed E-state index contributed by atoms with van der Waals surface area (Å²) < 4.78 is 1.35. The number of rotatable bonds is 3.